The van der Waals surface area contributed by atoms with Crippen LogP contribution in [0, 0.1) is 0 Å². The molecule has 0 aromatic heterocycles. The van der Waals surface area contributed by atoms with Crippen LogP contribution in [0.2, 0.25) is 10.0 Å². The molecule has 0 heterocycles. The summed E-state index contributed by atoms with van der Waals surface area (Å²) < 4.78 is 0. The first-order chi connectivity index (χ1) is 11.2. The van der Waals surface area contributed by atoms with E-state index in [1.54, 1.807) is 18.2 Å². The molecule has 0 fully saturated rings. The molecule has 3 aromatic carbocycles. The number of nitrogens with one attached hydrogen (secondary N) is 1. The Morgan fingerprint density at radius 3 is 2.13 bits per heavy atom. The number of amidine groups is 1. The van der Waals surface area contributed by atoms with Crippen LogP contribution >= 0.6 is 23.2 Å². The van der Waals surface area contributed by atoms with Gasteiger partial charge in [-0.15, -0.1) is 0 Å². The molecule has 0 spiro atoms. The van der Waals surface area contributed by atoms with Gasteiger partial charge in [0.15, 0.2) is 0 Å². The Labute approximate surface area is 145 Å². The molecule has 0 unspecified atom stereocenters. The molecular formula is C19H14Cl2N2. The van der Waals surface area contributed by atoms with E-state index in [1.807, 2.05) is 60.7 Å². The van der Waals surface area contributed by atoms with Crippen molar-refractivity contribution >= 4 is 40.4 Å². The topological polar surface area (TPSA) is 24.4 Å². The van der Waals surface area contributed by atoms with E-state index in [4.69, 9.17) is 23.2 Å². The van der Waals surface area contributed by atoms with Gasteiger partial charge in [0.1, 0.15) is 5.84 Å². The average Bonchev–Trinajstić information content (AvgIpc) is 2.59. The second-order valence-corrected chi connectivity index (χ2v) is 5.76. The summed E-state index contributed by atoms with van der Waals surface area (Å²) in [4.78, 5) is 4.67. The lowest BCUT2D eigenvalue weighted by atomic mass is 10.2. The monoisotopic (exact) mass is 340 g/mol. The highest BCUT2D eigenvalue weighted by Gasteiger charge is 2.07. The lowest BCUT2D eigenvalue weighted by molar-refractivity contribution is 1.46. The van der Waals surface area contributed by atoms with Crippen molar-refractivity contribution < 1.29 is 0 Å². The van der Waals surface area contributed by atoms with E-state index in [1.165, 1.54) is 0 Å². The summed E-state index contributed by atoms with van der Waals surface area (Å²) in [5.41, 5.74) is 2.54. The molecule has 2 nitrogen and oxygen atoms in total. The molecule has 3 aromatic rings. The van der Waals surface area contributed by atoms with E-state index in [2.05, 4.69) is 10.3 Å². The fraction of sp³-hybridized carbons (Fsp3) is 0. The van der Waals surface area contributed by atoms with E-state index in [9.17, 15) is 0 Å². The van der Waals surface area contributed by atoms with Gasteiger partial charge >= 0.3 is 0 Å². The molecule has 0 amide bonds. The minimum atomic E-state index is 0.553. The van der Waals surface area contributed by atoms with Crippen molar-refractivity contribution in [3.8, 4) is 0 Å². The fourth-order valence-corrected chi connectivity index (χ4v) is 2.44. The van der Waals surface area contributed by atoms with Gasteiger partial charge in [0.05, 0.1) is 10.7 Å². The van der Waals surface area contributed by atoms with Crippen LogP contribution in [0.25, 0.3) is 0 Å². The zero-order valence-electron chi connectivity index (χ0n) is 12.2. The third-order valence-corrected chi connectivity index (χ3v) is 3.78. The minimum Gasteiger partial charge on any atom is -0.340 e. The highest BCUT2D eigenvalue weighted by molar-refractivity contribution is 6.35. The quantitative estimate of drug-likeness (QED) is 0.446. The van der Waals surface area contributed by atoms with Crippen molar-refractivity contribution in [3.05, 3.63) is 94.5 Å². The summed E-state index contributed by atoms with van der Waals surface area (Å²) in [6.07, 6.45) is 0. The summed E-state index contributed by atoms with van der Waals surface area (Å²) in [7, 11) is 0. The van der Waals surface area contributed by atoms with Crippen molar-refractivity contribution in [2.75, 3.05) is 5.32 Å². The van der Waals surface area contributed by atoms with Gasteiger partial charge in [-0.05, 0) is 30.3 Å². The van der Waals surface area contributed by atoms with Gasteiger partial charge in [0.2, 0.25) is 0 Å². The molecule has 0 atom stereocenters. The minimum absolute atomic E-state index is 0.553. The Morgan fingerprint density at radius 2 is 1.43 bits per heavy atom. The number of halogens is 2. The molecule has 1 N–H and O–H groups in total. The highest BCUT2D eigenvalue weighted by atomic mass is 35.5. The van der Waals surface area contributed by atoms with Gasteiger partial charge < -0.3 is 5.32 Å². The van der Waals surface area contributed by atoms with Crippen LogP contribution in [0.1, 0.15) is 5.56 Å². The summed E-state index contributed by atoms with van der Waals surface area (Å²) in [5.74, 6) is 0.709. The first kappa shape index (κ1) is 15.6. The molecule has 0 bridgehead atoms. The van der Waals surface area contributed by atoms with E-state index >= 15 is 0 Å². The average molecular weight is 341 g/mol. The lowest BCUT2D eigenvalue weighted by Gasteiger charge is -2.11. The predicted molar refractivity (Wildman–Crippen MR) is 99.2 cm³/mol. The predicted octanol–water partition coefficient (Wildman–Crippen LogP) is 6.18. The number of hydrogen-bond donors (Lipinski definition) is 1. The third kappa shape index (κ3) is 4.13. The van der Waals surface area contributed by atoms with Gasteiger partial charge in [-0.2, -0.15) is 0 Å². The molecule has 23 heavy (non-hydrogen) atoms. The number of rotatable bonds is 3. The van der Waals surface area contributed by atoms with Crippen molar-refractivity contribution in [2.24, 2.45) is 4.99 Å². The Kier molecular flexibility index (Phi) is 4.96. The highest BCUT2D eigenvalue weighted by Crippen LogP contribution is 2.29. The Bertz CT molecular complexity index is 815. The molecule has 0 aliphatic heterocycles. The van der Waals surface area contributed by atoms with Crippen LogP contribution in [0.3, 0.4) is 0 Å². The van der Waals surface area contributed by atoms with Crippen molar-refractivity contribution in [1.82, 2.24) is 0 Å². The van der Waals surface area contributed by atoms with Crippen LogP contribution in [0.5, 0.6) is 0 Å². The largest absolute Gasteiger partial charge is 0.340 e. The third-order valence-electron chi connectivity index (χ3n) is 3.22. The maximum atomic E-state index is 6.24. The van der Waals surface area contributed by atoms with Gasteiger partial charge in [-0.25, -0.2) is 4.99 Å². The molecule has 0 saturated heterocycles. The number of benzene rings is 3. The molecule has 114 valence electrons. The summed E-state index contributed by atoms with van der Waals surface area (Å²) >= 11 is 12.3. The van der Waals surface area contributed by atoms with Crippen molar-refractivity contribution in [3.63, 3.8) is 0 Å². The normalized spacial score (nSPS) is 11.3. The number of anilines is 1. The van der Waals surface area contributed by atoms with E-state index in [0.717, 1.165) is 11.3 Å². The maximum absolute atomic E-state index is 6.24. The second-order valence-electron chi connectivity index (χ2n) is 4.91. The van der Waals surface area contributed by atoms with Crippen LogP contribution < -0.4 is 5.32 Å². The van der Waals surface area contributed by atoms with Gasteiger partial charge in [-0.1, -0.05) is 71.7 Å². The number of aliphatic imine (C=N–C) groups is 1. The van der Waals surface area contributed by atoms with E-state index in [0.29, 0.717) is 21.6 Å². The van der Waals surface area contributed by atoms with Crippen LogP contribution in [-0.4, -0.2) is 5.84 Å². The molecular weight excluding hydrogens is 327 g/mol. The summed E-state index contributed by atoms with van der Waals surface area (Å²) in [6.45, 7) is 0. The van der Waals surface area contributed by atoms with Gasteiger partial charge in [-0.3, -0.25) is 0 Å². The standard InChI is InChI=1S/C19H14Cl2N2/c20-15-11-12-17(21)18(13-15)23-19(14-7-3-1-4-8-14)22-16-9-5-2-6-10-16/h1-13H,(H,22,23). The number of nitrogens with zero attached hydrogens (tertiary/aromatic N) is 1. The number of para-hydroxylation sites is 1. The van der Waals surface area contributed by atoms with E-state index < -0.39 is 0 Å². The zero-order chi connectivity index (χ0) is 16.1. The first-order valence-corrected chi connectivity index (χ1v) is 7.89. The lowest BCUT2D eigenvalue weighted by Crippen LogP contribution is -2.13. The summed E-state index contributed by atoms with van der Waals surface area (Å²) in [5, 5.41) is 4.49. The Hall–Kier alpha value is -2.29. The zero-order valence-corrected chi connectivity index (χ0v) is 13.7. The molecule has 3 rings (SSSR count). The van der Waals surface area contributed by atoms with E-state index in [-0.39, 0.29) is 0 Å². The molecule has 0 radical (unpaired) electrons. The smallest absolute Gasteiger partial charge is 0.138 e. The van der Waals surface area contributed by atoms with Gasteiger partial charge in [0.25, 0.3) is 0 Å². The van der Waals surface area contributed by atoms with Crippen LogP contribution in [-0.2, 0) is 0 Å². The maximum Gasteiger partial charge on any atom is 0.138 e. The SMILES string of the molecule is Clc1ccc(Cl)c(N=C(Nc2ccccc2)c2ccccc2)c1. The Balaban J connectivity index is 2.04. The van der Waals surface area contributed by atoms with Crippen molar-refractivity contribution in [1.29, 1.82) is 0 Å². The fourth-order valence-electron chi connectivity index (χ4n) is 2.11. The number of hydrogen-bond acceptors (Lipinski definition) is 1. The molecule has 4 heteroatoms. The first-order valence-electron chi connectivity index (χ1n) is 7.13. The van der Waals surface area contributed by atoms with Crippen molar-refractivity contribution in [2.45, 2.75) is 0 Å². The molecule has 0 saturated carbocycles. The second kappa shape index (κ2) is 7.32. The van der Waals surface area contributed by atoms with Crippen LogP contribution in [0.4, 0.5) is 11.4 Å². The molecule has 0 aliphatic carbocycles. The van der Waals surface area contributed by atoms with Gasteiger partial charge in [0, 0.05) is 16.3 Å². The van der Waals surface area contributed by atoms with Crippen LogP contribution in [0.15, 0.2) is 83.9 Å². The summed E-state index contributed by atoms with van der Waals surface area (Å²) in [6, 6.07) is 25.0. The molecule has 0 aliphatic rings. The Morgan fingerprint density at radius 1 is 0.783 bits per heavy atom.